The molecule has 2 heteroatoms. The van der Waals surface area contributed by atoms with Gasteiger partial charge in [-0.3, -0.25) is 0 Å². The number of ether oxygens (including phenoxy) is 1. The van der Waals surface area contributed by atoms with Gasteiger partial charge in [-0.1, -0.05) is 41.5 Å². The van der Waals surface area contributed by atoms with Crippen molar-refractivity contribution in [3.8, 4) is 11.5 Å². The molecule has 3 aromatic carbocycles. The highest BCUT2D eigenvalue weighted by Crippen LogP contribution is 2.25. The van der Waals surface area contributed by atoms with Crippen LogP contribution in [0.5, 0.6) is 11.5 Å². The van der Waals surface area contributed by atoms with Crippen LogP contribution < -0.4 is 4.74 Å². The van der Waals surface area contributed by atoms with Gasteiger partial charge in [-0.2, -0.15) is 0 Å². The number of aryl methyl sites for hydroxylation is 2. The normalized spacial score (nSPS) is 10.8. The molecule has 0 heterocycles. The summed E-state index contributed by atoms with van der Waals surface area (Å²) in [6, 6.07) is 17.7. The van der Waals surface area contributed by atoms with Crippen LogP contribution in [-0.4, -0.2) is 5.11 Å². The lowest BCUT2D eigenvalue weighted by Crippen LogP contribution is -1.96. The molecule has 0 atom stereocenters. The van der Waals surface area contributed by atoms with Crippen LogP contribution in [0.1, 0.15) is 16.7 Å². The Labute approximate surface area is 124 Å². The first-order chi connectivity index (χ1) is 10.1. The van der Waals surface area contributed by atoms with Crippen LogP contribution in [0.2, 0.25) is 0 Å². The van der Waals surface area contributed by atoms with Gasteiger partial charge in [-0.05, 0) is 54.4 Å². The van der Waals surface area contributed by atoms with E-state index in [4.69, 9.17) is 4.74 Å². The van der Waals surface area contributed by atoms with Crippen LogP contribution in [0.3, 0.4) is 0 Å². The van der Waals surface area contributed by atoms with Crippen molar-refractivity contribution in [3.63, 3.8) is 0 Å². The lowest BCUT2D eigenvalue weighted by molar-refractivity contribution is 0.306. The molecule has 0 aliphatic carbocycles. The van der Waals surface area contributed by atoms with Crippen LogP contribution in [0.4, 0.5) is 0 Å². The van der Waals surface area contributed by atoms with Gasteiger partial charge in [0.1, 0.15) is 18.1 Å². The van der Waals surface area contributed by atoms with Crippen molar-refractivity contribution >= 4 is 10.8 Å². The lowest BCUT2D eigenvalue weighted by Gasteiger charge is -2.09. The zero-order chi connectivity index (χ0) is 14.8. The fraction of sp³-hybridized carbons (Fsp3) is 0.158. The van der Waals surface area contributed by atoms with E-state index in [1.807, 2.05) is 24.3 Å². The molecular weight excluding hydrogens is 260 g/mol. The molecule has 1 N–H and O–H groups in total. The van der Waals surface area contributed by atoms with Crippen LogP contribution in [-0.2, 0) is 6.61 Å². The minimum atomic E-state index is 0.272. The Hall–Kier alpha value is -2.48. The maximum atomic E-state index is 9.55. The molecule has 0 aliphatic heterocycles. The predicted octanol–water partition coefficient (Wildman–Crippen LogP) is 4.74. The molecule has 2 nitrogen and oxygen atoms in total. The van der Waals surface area contributed by atoms with Crippen molar-refractivity contribution in [2.75, 3.05) is 0 Å². The molecule has 0 saturated heterocycles. The molecule has 0 aliphatic rings. The average molecular weight is 278 g/mol. The fourth-order valence-electron chi connectivity index (χ4n) is 2.62. The van der Waals surface area contributed by atoms with E-state index >= 15 is 0 Å². The largest absolute Gasteiger partial charge is 0.508 e. The van der Waals surface area contributed by atoms with Gasteiger partial charge in [0.15, 0.2) is 0 Å². The Morgan fingerprint density at radius 1 is 0.810 bits per heavy atom. The third-order valence-electron chi connectivity index (χ3n) is 3.48. The Kier molecular flexibility index (Phi) is 3.53. The quantitative estimate of drug-likeness (QED) is 0.749. The summed E-state index contributed by atoms with van der Waals surface area (Å²) < 4.78 is 5.87. The van der Waals surface area contributed by atoms with E-state index in [1.54, 1.807) is 12.1 Å². The third-order valence-corrected chi connectivity index (χ3v) is 3.48. The molecule has 0 amide bonds. The summed E-state index contributed by atoms with van der Waals surface area (Å²) in [7, 11) is 0. The van der Waals surface area contributed by atoms with Gasteiger partial charge in [-0.15, -0.1) is 0 Å². The number of hydrogen-bond acceptors (Lipinski definition) is 2. The maximum absolute atomic E-state index is 9.55. The minimum Gasteiger partial charge on any atom is -0.508 e. The second-order valence-corrected chi connectivity index (χ2v) is 5.48. The molecule has 0 radical (unpaired) electrons. The SMILES string of the molecule is Cc1cc(C)cc(COc2ccc3ccc(O)cc3c2)c1. The molecule has 3 rings (SSSR count). The van der Waals surface area contributed by atoms with E-state index in [-0.39, 0.29) is 5.75 Å². The highest BCUT2D eigenvalue weighted by molar-refractivity contribution is 5.85. The van der Waals surface area contributed by atoms with E-state index in [0.717, 1.165) is 16.5 Å². The predicted molar refractivity (Wildman–Crippen MR) is 85.9 cm³/mol. The van der Waals surface area contributed by atoms with Gasteiger partial charge in [0.2, 0.25) is 0 Å². The van der Waals surface area contributed by atoms with Gasteiger partial charge >= 0.3 is 0 Å². The van der Waals surface area contributed by atoms with Gasteiger partial charge in [-0.25, -0.2) is 0 Å². The number of fused-ring (bicyclic) bond motifs is 1. The van der Waals surface area contributed by atoms with E-state index in [2.05, 4.69) is 32.0 Å². The highest BCUT2D eigenvalue weighted by Gasteiger charge is 2.01. The first-order valence-electron chi connectivity index (χ1n) is 7.03. The Balaban J connectivity index is 1.81. The average Bonchev–Trinajstić information content (AvgIpc) is 2.43. The van der Waals surface area contributed by atoms with Gasteiger partial charge in [0.05, 0.1) is 0 Å². The fourth-order valence-corrected chi connectivity index (χ4v) is 2.62. The molecular formula is C19H18O2. The zero-order valence-electron chi connectivity index (χ0n) is 12.3. The van der Waals surface area contributed by atoms with Crippen molar-refractivity contribution < 1.29 is 9.84 Å². The summed E-state index contributed by atoms with van der Waals surface area (Å²) in [5, 5.41) is 11.6. The summed E-state index contributed by atoms with van der Waals surface area (Å²) >= 11 is 0. The molecule has 0 fully saturated rings. The molecule has 106 valence electrons. The van der Waals surface area contributed by atoms with Crippen LogP contribution >= 0.6 is 0 Å². The van der Waals surface area contributed by atoms with Crippen LogP contribution in [0.25, 0.3) is 10.8 Å². The summed E-state index contributed by atoms with van der Waals surface area (Å²) in [6.07, 6.45) is 0. The molecule has 0 aromatic heterocycles. The van der Waals surface area contributed by atoms with Gasteiger partial charge in [0.25, 0.3) is 0 Å². The van der Waals surface area contributed by atoms with Crippen molar-refractivity contribution in [1.82, 2.24) is 0 Å². The second kappa shape index (κ2) is 5.49. The first kappa shape index (κ1) is 13.5. The van der Waals surface area contributed by atoms with E-state index in [0.29, 0.717) is 6.61 Å². The standard InChI is InChI=1S/C19H18O2/c1-13-7-14(2)9-15(8-13)12-21-19-6-4-16-3-5-18(20)10-17(16)11-19/h3-11,20H,12H2,1-2H3. The van der Waals surface area contributed by atoms with Crippen molar-refractivity contribution in [2.45, 2.75) is 20.5 Å². The maximum Gasteiger partial charge on any atom is 0.120 e. The number of phenolic OH excluding ortho intramolecular Hbond substituents is 1. The molecule has 3 aromatic rings. The first-order valence-corrected chi connectivity index (χ1v) is 7.03. The van der Waals surface area contributed by atoms with Gasteiger partial charge < -0.3 is 9.84 Å². The number of phenols is 1. The van der Waals surface area contributed by atoms with Crippen LogP contribution in [0, 0.1) is 13.8 Å². The third kappa shape index (κ3) is 3.16. The highest BCUT2D eigenvalue weighted by atomic mass is 16.5. The van der Waals surface area contributed by atoms with Gasteiger partial charge in [0, 0.05) is 0 Å². The summed E-state index contributed by atoms with van der Waals surface area (Å²) in [5.41, 5.74) is 3.66. The molecule has 0 spiro atoms. The number of hydrogen-bond donors (Lipinski definition) is 1. The lowest BCUT2D eigenvalue weighted by atomic mass is 10.1. The topological polar surface area (TPSA) is 29.5 Å². The monoisotopic (exact) mass is 278 g/mol. The number of rotatable bonds is 3. The van der Waals surface area contributed by atoms with E-state index in [1.165, 1.54) is 16.7 Å². The minimum absolute atomic E-state index is 0.272. The summed E-state index contributed by atoms with van der Waals surface area (Å²) in [4.78, 5) is 0. The van der Waals surface area contributed by atoms with Crippen molar-refractivity contribution in [3.05, 3.63) is 71.3 Å². The van der Waals surface area contributed by atoms with Crippen LogP contribution in [0.15, 0.2) is 54.6 Å². The summed E-state index contributed by atoms with van der Waals surface area (Å²) in [6.45, 7) is 4.73. The Morgan fingerprint density at radius 3 is 2.29 bits per heavy atom. The van der Waals surface area contributed by atoms with Crippen molar-refractivity contribution in [1.29, 1.82) is 0 Å². The molecule has 21 heavy (non-hydrogen) atoms. The molecule has 0 unspecified atom stereocenters. The summed E-state index contributed by atoms with van der Waals surface area (Å²) in [5.74, 6) is 1.08. The molecule has 0 bridgehead atoms. The smallest absolute Gasteiger partial charge is 0.120 e. The zero-order valence-corrected chi connectivity index (χ0v) is 12.3. The van der Waals surface area contributed by atoms with Crippen molar-refractivity contribution in [2.24, 2.45) is 0 Å². The Morgan fingerprint density at radius 2 is 1.52 bits per heavy atom. The van der Waals surface area contributed by atoms with E-state index in [9.17, 15) is 5.11 Å². The number of aromatic hydroxyl groups is 1. The van der Waals surface area contributed by atoms with E-state index < -0.39 is 0 Å². The second-order valence-electron chi connectivity index (χ2n) is 5.48. The molecule has 0 saturated carbocycles. The Bertz CT molecular complexity index is 770. The number of benzene rings is 3.